The molecule has 2 atom stereocenters. The molecule has 1 aromatic heterocycles. The summed E-state index contributed by atoms with van der Waals surface area (Å²) in [5, 5.41) is 7.49. The summed E-state index contributed by atoms with van der Waals surface area (Å²) in [5.41, 5.74) is 0. The van der Waals surface area contributed by atoms with E-state index in [0.29, 0.717) is 11.8 Å². The first-order chi connectivity index (χ1) is 10.1. The van der Waals surface area contributed by atoms with Crippen LogP contribution in [-0.2, 0) is 16.6 Å². The van der Waals surface area contributed by atoms with Crippen LogP contribution in [0, 0.1) is 0 Å². The van der Waals surface area contributed by atoms with Gasteiger partial charge in [0.05, 0.1) is 12.7 Å². The Morgan fingerprint density at radius 1 is 1.43 bits per heavy atom. The van der Waals surface area contributed by atoms with Gasteiger partial charge in [-0.15, -0.1) is 0 Å². The SMILES string of the molecule is CNCCn1cc(S(=O)(=O)NC2CCCCC2SC)cn1. The molecule has 0 aliphatic heterocycles. The van der Waals surface area contributed by atoms with Gasteiger partial charge in [-0.1, -0.05) is 12.8 Å². The van der Waals surface area contributed by atoms with E-state index in [0.717, 1.165) is 25.8 Å². The Balaban J connectivity index is 2.05. The first-order valence-electron chi connectivity index (χ1n) is 7.29. The normalized spacial score (nSPS) is 23.3. The van der Waals surface area contributed by atoms with E-state index >= 15 is 0 Å². The number of hydrogen-bond donors (Lipinski definition) is 2. The summed E-state index contributed by atoms with van der Waals surface area (Å²) >= 11 is 1.75. The molecule has 1 heterocycles. The van der Waals surface area contributed by atoms with Crippen LogP contribution in [0.4, 0.5) is 0 Å². The summed E-state index contributed by atoms with van der Waals surface area (Å²) in [7, 11) is -1.62. The number of sulfonamides is 1. The lowest BCUT2D eigenvalue weighted by Crippen LogP contribution is -2.43. The van der Waals surface area contributed by atoms with Crippen LogP contribution in [0.5, 0.6) is 0 Å². The minimum atomic E-state index is -3.47. The highest BCUT2D eigenvalue weighted by molar-refractivity contribution is 7.99. The van der Waals surface area contributed by atoms with Gasteiger partial charge in [0, 0.05) is 24.0 Å². The summed E-state index contributed by atoms with van der Waals surface area (Å²) in [6, 6.07) is 0.0272. The largest absolute Gasteiger partial charge is 0.318 e. The average molecular weight is 332 g/mol. The molecule has 1 aromatic rings. The van der Waals surface area contributed by atoms with Crippen LogP contribution in [0.3, 0.4) is 0 Å². The van der Waals surface area contributed by atoms with Crippen molar-refractivity contribution in [1.82, 2.24) is 19.8 Å². The Hall–Kier alpha value is -0.570. The molecule has 0 radical (unpaired) electrons. The zero-order valence-electron chi connectivity index (χ0n) is 12.6. The van der Waals surface area contributed by atoms with Gasteiger partial charge < -0.3 is 5.32 Å². The molecule has 6 nitrogen and oxygen atoms in total. The van der Waals surface area contributed by atoms with Gasteiger partial charge in [0.1, 0.15) is 4.90 Å². The van der Waals surface area contributed by atoms with Gasteiger partial charge in [0.2, 0.25) is 10.0 Å². The third-order valence-electron chi connectivity index (χ3n) is 3.82. The third-order valence-corrected chi connectivity index (χ3v) is 6.44. The molecule has 1 aliphatic rings. The second-order valence-corrected chi connectivity index (χ2v) is 8.12. The molecule has 0 saturated heterocycles. The van der Waals surface area contributed by atoms with Gasteiger partial charge in [-0.3, -0.25) is 4.68 Å². The van der Waals surface area contributed by atoms with Crippen LogP contribution in [0.25, 0.3) is 0 Å². The predicted molar refractivity (Wildman–Crippen MR) is 86.0 cm³/mol. The summed E-state index contributed by atoms with van der Waals surface area (Å²) in [6.07, 6.45) is 9.34. The van der Waals surface area contributed by atoms with Crippen LogP contribution in [0.2, 0.25) is 0 Å². The van der Waals surface area contributed by atoms with E-state index < -0.39 is 10.0 Å². The van der Waals surface area contributed by atoms with E-state index in [4.69, 9.17) is 0 Å². The van der Waals surface area contributed by atoms with Gasteiger partial charge in [-0.25, -0.2) is 13.1 Å². The lowest BCUT2D eigenvalue weighted by Gasteiger charge is -2.30. The zero-order chi connectivity index (χ0) is 15.3. The minimum Gasteiger partial charge on any atom is -0.318 e. The maximum atomic E-state index is 12.5. The fourth-order valence-electron chi connectivity index (χ4n) is 2.61. The molecule has 1 saturated carbocycles. The molecule has 2 N–H and O–H groups in total. The van der Waals surface area contributed by atoms with Crippen molar-refractivity contribution in [3.63, 3.8) is 0 Å². The summed E-state index contributed by atoms with van der Waals surface area (Å²) in [5.74, 6) is 0. The van der Waals surface area contributed by atoms with Gasteiger partial charge in [0.15, 0.2) is 0 Å². The Kier molecular flexibility index (Phi) is 6.09. The van der Waals surface area contributed by atoms with Gasteiger partial charge in [-0.05, 0) is 26.1 Å². The van der Waals surface area contributed by atoms with Gasteiger partial charge >= 0.3 is 0 Å². The van der Waals surface area contributed by atoms with Crippen molar-refractivity contribution in [2.75, 3.05) is 19.8 Å². The molecule has 0 aromatic carbocycles. The number of likely N-dealkylation sites (N-methyl/N-ethyl adjacent to an activating group) is 1. The second-order valence-electron chi connectivity index (χ2n) is 5.33. The molecule has 0 bridgehead atoms. The number of rotatable bonds is 7. The molecule has 0 spiro atoms. The number of thioether (sulfide) groups is 1. The van der Waals surface area contributed by atoms with Crippen molar-refractivity contribution in [3.05, 3.63) is 12.4 Å². The Labute approximate surface area is 131 Å². The quantitative estimate of drug-likeness (QED) is 0.781. The lowest BCUT2D eigenvalue weighted by atomic mass is 9.96. The molecule has 120 valence electrons. The number of aromatic nitrogens is 2. The van der Waals surface area contributed by atoms with Crippen molar-refractivity contribution >= 4 is 21.8 Å². The molecular weight excluding hydrogens is 308 g/mol. The van der Waals surface area contributed by atoms with E-state index in [-0.39, 0.29) is 10.9 Å². The molecule has 2 unspecified atom stereocenters. The van der Waals surface area contributed by atoms with Crippen LogP contribution in [-0.4, -0.2) is 49.3 Å². The predicted octanol–water partition coefficient (Wildman–Crippen LogP) is 1.05. The number of nitrogens with one attached hydrogen (secondary N) is 2. The molecular formula is C13H24N4O2S2. The van der Waals surface area contributed by atoms with E-state index in [9.17, 15) is 8.42 Å². The van der Waals surface area contributed by atoms with Gasteiger partial charge in [-0.2, -0.15) is 16.9 Å². The van der Waals surface area contributed by atoms with E-state index in [2.05, 4.69) is 15.1 Å². The van der Waals surface area contributed by atoms with Crippen LogP contribution in [0.1, 0.15) is 25.7 Å². The lowest BCUT2D eigenvalue weighted by molar-refractivity contribution is 0.423. The monoisotopic (exact) mass is 332 g/mol. The van der Waals surface area contributed by atoms with Crippen molar-refractivity contribution in [1.29, 1.82) is 0 Å². The standard InChI is InChI=1S/C13H24N4O2S2/c1-14-7-8-17-10-11(9-15-17)21(18,19)16-12-5-3-4-6-13(12)20-2/h9-10,12-14,16H,3-8H2,1-2H3. The summed E-state index contributed by atoms with van der Waals surface area (Å²) < 4.78 is 29.4. The highest BCUT2D eigenvalue weighted by atomic mass is 32.2. The summed E-state index contributed by atoms with van der Waals surface area (Å²) in [6.45, 7) is 1.41. The van der Waals surface area contributed by atoms with Crippen molar-refractivity contribution in [3.8, 4) is 0 Å². The maximum absolute atomic E-state index is 12.5. The highest BCUT2D eigenvalue weighted by Gasteiger charge is 2.29. The fourth-order valence-corrected chi connectivity index (χ4v) is 4.90. The Morgan fingerprint density at radius 2 is 2.19 bits per heavy atom. The Morgan fingerprint density at radius 3 is 2.90 bits per heavy atom. The van der Waals surface area contributed by atoms with Crippen LogP contribution < -0.4 is 10.0 Å². The maximum Gasteiger partial charge on any atom is 0.243 e. The van der Waals surface area contributed by atoms with Gasteiger partial charge in [0.25, 0.3) is 0 Å². The van der Waals surface area contributed by atoms with Crippen LogP contribution in [0.15, 0.2) is 17.3 Å². The first kappa shape index (κ1) is 16.8. The highest BCUT2D eigenvalue weighted by Crippen LogP contribution is 2.28. The molecule has 2 rings (SSSR count). The molecule has 1 fully saturated rings. The van der Waals surface area contributed by atoms with Crippen LogP contribution >= 0.6 is 11.8 Å². The van der Waals surface area contributed by atoms with E-state index in [1.807, 2.05) is 13.3 Å². The van der Waals surface area contributed by atoms with Crippen molar-refractivity contribution < 1.29 is 8.42 Å². The summed E-state index contributed by atoms with van der Waals surface area (Å²) in [4.78, 5) is 0.254. The molecule has 8 heteroatoms. The molecule has 21 heavy (non-hydrogen) atoms. The second kappa shape index (κ2) is 7.62. The van der Waals surface area contributed by atoms with E-state index in [1.54, 1.807) is 22.6 Å². The number of hydrogen-bond acceptors (Lipinski definition) is 5. The van der Waals surface area contributed by atoms with Crippen molar-refractivity contribution in [2.45, 2.75) is 48.4 Å². The zero-order valence-corrected chi connectivity index (χ0v) is 14.2. The molecule has 1 aliphatic carbocycles. The topological polar surface area (TPSA) is 76.0 Å². The van der Waals surface area contributed by atoms with E-state index in [1.165, 1.54) is 12.6 Å². The van der Waals surface area contributed by atoms with Crippen molar-refractivity contribution in [2.24, 2.45) is 0 Å². The number of nitrogens with zero attached hydrogens (tertiary/aromatic N) is 2. The molecule has 0 amide bonds. The Bertz CT molecular complexity index is 544. The fraction of sp³-hybridized carbons (Fsp3) is 0.769. The average Bonchev–Trinajstić information content (AvgIpc) is 2.95. The first-order valence-corrected chi connectivity index (χ1v) is 10.1. The minimum absolute atomic E-state index is 0.0272. The third kappa shape index (κ3) is 4.45. The smallest absolute Gasteiger partial charge is 0.243 e.